The van der Waals surface area contributed by atoms with Crippen LogP contribution in [0.15, 0.2) is 47.0 Å². The van der Waals surface area contributed by atoms with Crippen LogP contribution in [0.4, 0.5) is 0 Å². The van der Waals surface area contributed by atoms with E-state index < -0.39 is 12.3 Å². The molecule has 0 radical (unpaired) electrons. The van der Waals surface area contributed by atoms with Crippen molar-refractivity contribution in [3.8, 4) is 0 Å². The SMILES string of the molecule is OC1CC=CC=C1NC(O)C1=C=C=CCC1. The molecule has 2 aliphatic rings. The van der Waals surface area contributed by atoms with E-state index in [1.54, 1.807) is 6.08 Å². The van der Waals surface area contributed by atoms with E-state index in [-0.39, 0.29) is 0 Å². The maximum Gasteiger partial charge on any atom is 0.154 e. The zero-order valence-electron chi connectivity index (χ0n) is 8.98. The Kier molecular flexibility index (Phi) is 3.45. The van der Waals surface area contributed by atoms with Crippen LogP contribution in [0, 0.1) is 0 Å². The first-order valence-electron chi connectivity index (χ1n) is 5.45. The highest BCUT2D eigenvalue weighted by molar-refractivity contribution is 5.23. The van der Waals surface area contributed by atoms with Crippen molar-refractivity contribution >= 4 is 0 Å². The van der Waals surface area contributed by atoms with Crippen molar-refractivity contribution in [3.05, 3.63) is 47.0 Å². The van der Waals surface area contributed by atoms with Crippen molar-refractivity contribution < 1.29 is 10.2 Å². The fraction of sp³-hybridized carbons (Fsp3) is 0.385. The molecule has 0 saturated heterocycles. The zero-order valence-corrected chi connectivity index (χ0v) is 8.98. The summed E-state index contributed by atoms with van der Waals surface area (Å²) in [6, 6.07) is 0. The third kappa shape index (κ3) is 2.54. The molecule has 2 unspecified atom stereocenters. The van der Waals surface area contributed by atoms with Crippen LogP contribution in [-0.2, 0) is 0 Å². The summed E-state index contributed by atoms with van der Waals surface area (Å²) in [5.74, 6) is 0. The first-order valence-corrected chi connectivity index (χ1v) is 5.45. The van der Waals surface area contributed by atoms with Crippen LogP contribution in [-0.4, -0.2) is 22.5 Å². The van der Waals surface area contributed by atoms with Crippen molar-refractivity contribution in [2.75, 3.05) is 0 Å². The molecule has 0 amide bonds. The second-order valence-electron chi connectivity index (χ2n) is 3.89. The molecule has 3 N–H and O–H groups in total. The predicted molar refractivity (Wildman–Crippen MR) is 61.3 cm³/mol. The largest absolute Gasteiger partial charge is 0.387 e. The van der Waals surface area contributed by atoms with E-state index in [9.17, 15) is 10.2 Å². The van der Waals surface area contributed by atoms with Gasteiger partial charge in [-0.1, -0.05) is 23.6 Å². The van der Waals surface area contributed by atoms with Crippen molar-refractivity contribution in [2.24, 2.45) is 0 Å². The molecular weight excluding hydrogens is 202 g/mol. The number of aliphatic hydroxyl groups is 2. The Morgan fingerprint density at radius 3 is 3.06 bits per heavy atom. The van der Waals surface area contributed by atoms with Crippen LogP contribution in [0.5, 0.6) is 0 Å². The summed E-state index contributed by atoms with van der Waals surface area (Å²) in [4.78, 5) is 0. The number of nitrogens with one attached hydrogen (secondary N) is 1. The van der Waals surface area contributed by atoms with Gasteiger partial charge >= 0.3 is 0 Å². The molecule has 0 spiro atoms. The first-order chi connectivity index (χ1) is 7.77. The molecule has 84 valence electrons. The minimum absolute atomic E-state index is 0.552. The molecule has 0 aromatic rings. The van der Waals surface area contributed by atoms with Crippen molar-refractivity contribution in [3.63, 3.8) is 0 Å². The minimum Gasteiger partial charge on any atom is -0.387 e. The lowest BCUT2D eigenvalue weighted by molar-refractivity contribution is 0.149. The van der Waals surface area contributed by atoms with Gasteiger partial charge in [-0.3, -0.25) is 0 Å². The number of allylic oxidation sites excluding steroid dienone is 3. The van der Waals surface area contributed by atoms with Crippen molar-refractivity contribution in [1.82, 2.24) is 5.32 Å². The molecule has 0 aliphatic heterocycles. The standard InChI is InChI=1S/C13H15NO2/c15-12-9-5-4-8-11(12)14-13(16)10-6-2-1-3-7-10/h1,4-5,8,12-16H,2,6,9H2. The smallest absolute Gasteiger partial charge is 0.154 e. The summed E-state index contributed by atoms with van der Waals surface area (Å²) < 4.78 is 0. The highest BCUT2D eigenvalue weighted by Gasteiger charge is 2.17. The molecule has 2 atom stereocenters. The average molecular weight is 217 g/mol. The van der Waals surface area contributed by atoms with Crippen LogP contribution in [0.3, 0.4) is 0 Å². The molecule has 2 rings (SSSR count). The minimum atomic E-state index is -0.784. The fourth-order valence-electron chi connectivity index (χ4n) is 1.72. The normalized spacial score (nSPS) is 25.0. The average Bonchev–Trinajstić information content (AvgIpc) is 2.33. The maximum absolute atomic E-state index is 9.90. The second-order valence-corrected chi connectivity index (χ2v) is 3.89. The Labute approximate surface area is 94.8 Å². The molecule has 0 saturated carbocycles. The highest BCUT2D eigenvalue weighted by atomic mass is 16.3. The second kappa shape index (κ2) is 5.02. The van der Waals surface area contributed by atoms with Gasteiger partial charge in [0.15, 0.2) is 6.23 Å². The highest BCUT2D eigenvalue weighted by Crippen LogP contribution is 2.15. The Morgan fingerprint density at radius 2 is 2.38 bits per heavy atom. The lowest BCUT2D eigenvalue weighted by Gasteiger charge is -2.22. The third-order valence-corrected chi connectivity index (χ3v) is 2.66. The van der Waals surface area contributed by atoms with Crippen molar-refractivity contribution in [2.45, 2.75) is 31.6 Å². The fourth-order valence-corrected chi connectivity index (χ4v) is 1.72. The number of aliphatic hydroxyl groups excluding tert-OH is 2. The number of rotatable bonds is 3. The van der Waals surface area contributed by atoms with Gasteiger partial charge in [0.2, 0.25) is 0 Å². The van der Waals surface area contributed by atoms with Gasteiger partial charge in [0.25, 0.3) is 0 Å². The molecule has 16 heavy (non-hydrogen) atoms. The quantitative estimate of drug-likeness (QED) is 0.490. The number of hydrogen-bond acceptors (Lipinski definition) is 3. The lowest BCUT2D eigenvalue weighted by Crippen LogP contribution is -2.35. The van der Waals surface area contributed by atoms with Gasteiger partial charge in [-0.15, -0.1) is 0 Å². The van der Waals surface area contributed by atoms with E-state index in [0.717, 1.165) is 18.4 Å². The molecule has 3 nitrogen and oxygen atoms in total. The van der Waals surface area contributed by atoms with E-state index in [0.29, 0.717) is 12.1 Å². The van der Waals surface area contributed by atoms with E-state index in [2.05, 4.69) is 16.8 Å². The molecule has 0 aromatic heterocycles. The van der Waals surface area contributed by atoms with Gasteiger partial charge in [0, 0.05) is 11.3 Å². The summed E-state index contributed by atoms with van der Waals surface area (Å²) in [6.07, 6.45) is 8.34. The molecule has 0 aromatic carbocycles. The monoisotopic (exact) mass is 217 g/mol. The van der Waals surface area contributed by atoms with E-state index in [4.69, 9.17) is 0 Å². The van der Waals surface area contributed by atoms with Gasteiger partial charge in [-0.05, 0) is 31.4 Å². The number of hydrogen-bond donors (Lipinski definition) is 3. The maximum atomic E-state index is 9.90. The third-order valence-electron chi connectivity index (χ3n) is 2.66. The summed E-state index contributed by atoms with van der Waals surface area (Å²) in [5, 5.41) is 22.5. The first kappa shape index (κ1) is 11.0. The van der Waals surface area contributed by atoms with Crippen LogP contribution in [0.25, 0.3) is 0 Å². The molecule has 2 aliphatic carbocycles. The van der Waals surface area contributed by atoms with Crippen LogP contribution >= 0.6 is 0 Å². The molecule has 0 heterocycles. The summed E-state index contributed by atoms with van der Waals surface area (Å²) in [7, 11) is 0. The van der Waals surface area contributed by atoms with Gasteiger partial charge in [0.05, 0.1) is 6.10 Å². The zero-order chi connectivity index (χ0) is 11.4. The van der Waals surface area contributed by atoms with Gasteiger partial charge < -0.3 is 15.5 Å². The molecular formula is C13H15NO2. The molecule has 3 heteroatoms. The lowest BCUT2D eigenvalue weighted by atomic mass is 10.0. The van der Waals surface area contributed by atoms with Crippen molar-refractivity contribution in [1.29, 1.82) is 0 Å². The van der Waals surface area contributed by atoms with Crippen LogP contribution < -0.4 is 5.32 Å². The Bertz CT molecular complexity index is 421. The van der Waals surface area contributed by atoms with Crippen LogP contribution in [0.1, 0.15) is 19.3 Å². The summed E-state index contributed by atoms with van der Waals surface area (Å²) >= 11 is 0. The van der Waals surface area contributed by atoms with Gasteiger partial charge in [0.1, 0.15) is 0 Å². The van der Waals surface area contributed by atoms with E-state index in [1.807, 2.05) is 18.2 Å². The van der Waals surface area contributed by atoms with E-state index >= 15 is 0 Å². The van der Waals surface area contributed by atoms with E-state index in [1.165, 1.54) is 0 Å². The summed E-state index contributed by atoms with van der Waals surface area (Å²) in [6.45, 7) is 0. The molecule has 0 fully saturated rings. The Morgan fingerprint density at radius 1 is 1.50 bits per heavy atom. The van der Waals surface area contributed by atoms with Gasteiger partial charge in [-0.2, -0.15) is 0 Å². The van der Waals surface area contributed by atoms with Crippen LogP contribution in [0.2, 0.25) is 0 Å². The summed E-state index contributed by atoms with van der Waals surface area (Å²) in [5.41, 5.74) is 7.19. The van der Waals surface area contributed by atoms with Gasteiger partial charge in [-0.25, -0.2) is 0 Å². The Hall–Kier alpha value is -1.50. The topological polar surface area (TPSA) is 52.5 Å². The predicted octanol–water partition coefficient (Wildman–Crippen LogP) is 1.13. The molecule has 0 bridgehead atoms. The Balaban J connectivity index is 2.05.